The van der Waals surface area contributed by atoms with Gasteiger partial charge in [0.05, 0.1) is 0 Å². The monoisotopic (exact) mass is 318 g/mol. The quantitative estimate of drug-likeness (QED) is 0.612. The smallest absolute Gasteiger partial charge is 0.155 e. The molecule has 3 rings (SSSR count). The molecule has 0 aliphatic carbocycles. The van der Waals surface area contributed by atoms with Gasteiger partial charge in [-0.15, -0.1) is 0 Å². The first kappa shape index (κ1) is 14.4. The largest absolute Gasteiger partial charge is 0.308 e. The van der Waals surface area contributed by atoms with E-state index in [1.165, 1.54) is 11.3 Å². The fraction of sp³-hybridized carbons (Fsp3) is 0.188. The Morgan fingerprint density at radius 2 is 1.76 bits per heavy atom. The zero-order chi connectivity index (χ0) is 14.8. The van der Waals surface area contributed by atoms with Gasteiger partial charge in [-0.2, -0.15) is 0 Å². The lowest BCUT2D eigenvalue weighted by Crippen LogP contribution is -1.98. The second-order valence-electron chi connectivity index (χ2n) is 4.70. The summed E-state index contributed by atoms with van der Waals surface area (Å²) in [5, 5.41) is 1.05. The van der Waals surface area contributed by atoms with Gasteiger partial charge in [-0.05, 0) is 26.0 Å². The Labute approximate surface area is 131 Å². The van der Waals surface area contributed by atoms with Crippen LogP contribution in [0.1, 0.15) is 11.4 Å². The summed E-state index contributed by atoms with van der Waals surface area (Å²) in [4.78, 5) is 4.63. The van der Waals surface area contributed by atoms with Gasteiger partial charge in [0.25, 0.3) is 0 Å². The summed E-state index contributed by atoms with van der Waals surface area (Å²) in [6.45, 7) is 4.15. The summed E-state index contributed by atoms with van der Waals surface area (Å²) >= 11 is 2.68. The maximum Gasteiger partial charge on any atom is 0.155 e. The van der Waals surface area contributed by atoms with Crippen molar-refractivity contribution < 1.29 is 4.39 Å². The van der Waals surface area contributed by atoms with Gasteiger partial charge in [-0.25, -0.2) is 9.37 Å². The highest BCUT2D eigenvalue weighted by atomic mass is 32.2. The maximum absolute atomic E-state index is 12.6. The Morgan fingerprint density at radius 3 is 2.38 bits per heavy atom. The molecule has 1 aromatic carbocycles. The van der Waals surface area contributed by atoms with Crippen LogP contribution in [0.4, 0.5) is 4.39 Å². The van der Waals surface area contributed by atoms with Gasteiger partial charge in [-0.1, -0.05) is 53.4 Å². The second kappa shape index (κ2) is 6.03. The third kappa shape index (κ3) is 2.76. The molecule has 21 heavy (non-hydrogen) atoms. The van der Waals surface area contributed by atoms with Crippen molar-refractivity contribution in [3.63, 3.8) is 0 Å². The number of aryl methyl sites for hydroxylation is 2. The lowest BCUT2D eigenvalue weighted by atomic mass is 10.1. The first-order valence-corrected chi connectivity index (χ1v) is 8.41. The summed E-state index contributed by atoms with van der Waals surface area (Å²) in [6, 6.07) is 13.8. The number of benzene rings is 1. The molecule has 5 heteroatoms. The third-order valence-electron chi connectivity index (χ3n) is 3.29. The number of halogens is 1. The van der Waals surface area contributed by atoms with Crippen molar-refractivity contribution in [3.8, 4) is 16.3 Å². The molecule has 108 valence electrons. The molecule has 0 saturated carbocycles. The number of nitrogens with zero attached hydrogens (tertiary/aromatic N) is 2. The molecular formula is C16H15FN2S2. The number of hydrogen-bond donors (Lipinski definition) is 0. The molecule has 0 bridgehead atoms. The van der Waals surface area contributed by atoms with E-state index in [1.54, 1.807) is 0 Å². The molecule has 0 N–H and O–H groups in total. The fourth-order valence-electron chi connectivity index (χ4n) is 2.33. The Kier molecular flexibility index (Phi) is 4.12. The first-order chi connectivity index (χ1) is 10.2. The lowest BCUT2D eigenvalue weighted by Gasteiger charge is -2.08. The van der Waals surface area contributed by atoms with Crippen LogP contribution in [0.15, 0.2) is 46.8 Å². The standard InChI is InChI=1S/C16H15FN2S2/c1-11-8-9-12(2)19(11)15-14(13-6-4-3-5-7-13)18-16(21-15)20-10-17/h3-9H,10H2,1-2H3. The summed E-state index contributed by atoms with van der Waals surface area (Å²) < 4.78 is 15.6. The molecule has 0 saturated heterocycles. The van der Waals surface area contributed by atoms with Gasteiger partial charge in [0, 0.05) is 17.0 Å². The third-order valence-corrected chi connectivity index (χ3v) is 5.18. The number of thiazole rings is 1. The molecule has 0 aliphatic heterocycles. The van der Waals surface area contributed by atoms with Crippen LogP contribution < -0.4 is 0 Å². The molecule has 0 aliphatic rings. The van der Waals surface area contributed by atoms with E-state index in [9.17, 15) is 4.39 Å². The summed E-state index contributed by atoms with van der Waals surface area (Å²) in [7, 11) is 0. The van der Waals surface area contributed by atoms with E-state index in [4.69, 9.17) is 0 Å². The summed E-state index contributed by atoms with van der Waals surface area (Å²) in [5.74, 6) is 0. The van der Waals surface area contributed by atoms with Crippen molar-refractivity contribution in [1.82, 2.24) is 9.55 Å². The minimum absolute atomic E-state index is 0.454. The Hall–Kier alpha value is -1.59. The van der Waals surface area contributed by atoms with Gasteiger partial charge < -0.3 is 4.57 Å². The number of hydrogen-bond acceptors (Lipinski definition) is 3. The molecular weight excluding hydrogens is 303 g/mol. The Bertz CT molecular complexity index is 727. The molecule has 0 fully saturated rings. The second-order valence-corrected chi connectivity index (χ2v) is 6.83. The molecule has 0 atom stereocenters. The fourth-order valence-corrected chi connectivity index (χ4v) is 4.12. The highest BCUT2D eigenvalue weighted by Gasteiger charge is 2.17. The highest BCUT2D eigenvalue weighted by Crippen LogP contribution is 2.37. The van der Waals surface area contributed by atoms with Crippen molar-refractivity contribution in [3.05, 3.63) is 53.9 Å². The SMILES string of the molecule is Cc1ccc(C)n1-c1sc(SCF)nc1-c1ccccc1. The van der Waals surface area contributed by atoms with Crippen molar-refractivity contribution in [2.75, 3.05) is 6.01 Å². The molecule has 2 heterocycles. The zero-order valence-corrected chi connectivity index (χ0v) is 13.5. The molecule has 0 spiro atoms. The van der Waals surface area contributed by atoms with Crippen LogP contribution in [0.2, 0.25) is 0 Å². The van der Waals surface area contributed by atoms with Crippen LogP contribution in [-0.4, -0.2) is 15.6 Å². The average molecular weight is 318 g/mol. The van der Waals surface area contributed by atoms with Crippen molar-refractivity contribution in [2.45, 2.75) is 18.2 Å². The molecule has 0 amide bonds. The van der Waals surface area contributed by atoms with E-state index >= 15 is 0 Å². The highest BCUT2D eigenvalue weighted by molar-refractivity contribution is 8.00. The van der Waals surface area contributed by atoms with Crippen molar-refractivity contribution >= 4 is 23.1 Å². The van der Waals surface area contributed by atoms with E-state index < -0.39 is 6.01 Å². The zero-order valence-electron chi connectivity index (χ0n) is 11.8. The van der Waals surface area contributed by atoms with Crippen molar-refractivity contribution in [1.29, 1.82) is 0 Å². The van der Waals surface area contributed by atoms with Crippen LogP contribution >= 0.6 is 23.1 Å². The van der Waals surface area contributed by atoms with Crippen LogP contribution in [0.25, 0.3) is 16.3 Å². The molecule has 0 unspecified atom stereocenters. The molecule has 2 nitrogen and oxygen atoms in total. The number of thioether (sulfide) groups is 1. The molecule has 3 aromatic rings. The minimum Gasteiger partial charge on any atom is -0.308 e. The number of rotatable bonds is 4. The summed E-state index contributed by atoms with van der Waals surface area (Å²) in [5.41, 5.74) is 4.29. The van der Waals surface area contributed by atoms with Gasteiger partial charge in [0.15, 0.2) is 4.34 Å². The van der Waals surface area contributed by atoms with Gasteiger partial charge >= 0.3 is 0 Å². The van der Waals surface area contributed by atoms with E-state index in [0.29, 0.717) is 0 Å². The van der Waals surface area contributed by atoms with E-state index in [1.807, 2.05) is 30.3 Å². The number of alkyl halides is 1. The van der Waals surface area contributed by atoms with E-state index in [2.05, 4.69) is 35.5 Å². The summed E-state index contributed by atoms with van der Waals surface area (Å²) in [6.07, 6.45) is 0. The van der Waals surface area contributed by atoms with Gasteiger partial charge in [0.1, 0.15) is 16.7 Å². The topological polar surface area (TPSA) is 17.8 Å². The minimum atomic E-state index is -0.454. The Morgan fingerprint density at radius 1 is 1.10 bits per heavy atom. The lowest BCUT2D eigenvalue weighted by molar-refractivity contribution is 0.605. The first-order valence-electron chi connectivity index (χ1n) is 6.61. The predicted molar refractivity (Wildman–Crippen MR) is 88.2 cm³/mol. The van der Waals surface area contributed by atoms with E-state index in [-0.39, 0.29) is 0 Å². The van der Waals surface area contributed by atoms with Crippen LogP contribution in [-0.2, 0) is 0 Å². The normalized spacial score (nSPS) is 11.0. The van der Waals surface area contributed by atoms with Crippen LogP contribution in [0.5, 0.6) is 0 Å². The molecule has 0 radical (unpaired) electrons. The average Bonchev–Trinajstić information content (AvgIpc) is 3.04. The van der Waals surface area contributed by atoms with Crippen molar-refractivity contribution in [2.24, 2.45) is 0 Å². The van der Waals surface area contributed by atoms with Crippen LogP contribution in [0.3, 0.4) is 0 Å². The van der Waals surface area contributed by atoms with Crippen LogP contribution in [0, 0.1) is 13.8 Å². The van der Waals surface area contributed by atoms with E-state index in [0.717, 1.165) is 43.7 Å². The van der Waals surface area contributed by atoms with Gasteiger partial charge in [-0.3, -0.25) is 0 Å². The predicted octanol–water partition coefficient (Wildman–Crippen LogP) is 5.24. The van der Waals surface area contributed by atoms with Gasteiger partial charge in [0.2, 0.25) is 0 Å². The number of aromatic nitrogens is 2. The molecule has 2 aromatic heterocycles. The maximum atomic E-state index is 12.6. The Balaban J connectivity index is 2.19.